The third-order valence-corrected chi connectivity index (χ3v) is 4.22. The first-order chi connectivity index (χ1) is 8.77. The van der Waals surface area contributed by atoms with Crippen LogP contribution in [0, 0.1) is 0 Å². The van der Waals surface area contributed by atoms with Gasteiger partial charge in [-0.25, -0.2) is 0 Å². The Morgan fingerprint density at radius 3 is 2.67 bits per heavy atom. The zero-order valence-electron chi connectivity index (χ0n) is 11.5. The van der Waals surface area contributed by atoms with E-state index in [4.69, 9.17) is 11.6 Å². The molecule has 0 radical (unpaired) electrons. The highest BCUT2D eigenvalue weighted by atomic mass is 35.5. The molecule has 0 unspecified atom stereocenters. The van der Waals surface area contributed by atoms with Crippen LogP contribution in [0.2, 0.25) is 5.02 Å². The topological polar surface area (TPSA) is 12.0 Å². The summed E-state index contributed by atoms with van der Waals surface area (Å²) in [6, 6.07) is 6.43. The van der Waals surface area contributed by atoms with E-state index < -0.39 is 0 Å². The van der Waals surface area contributed by atoms with Crippen LogP contribution in [0.25, 0.3) is 0 Å². The van der Waals surface area contributed by atoms with Crippen molar-refractivity contribution >= 4 is 23.4 Å². The Balaban J connectivity index is 2.41. The highest BCUT2D eigenvalue weighted by Crippen LogP contribution is 2.25. The molecule has 1 aromatic carbocycles. The van der Waals surface area contributed by atoms with Crippen molar-refractivity contribution in [1.82, 2.24) is 5.32 Å². The predicted octanol–water partition coefficient (Wildman–Crippen LogP) is 5.12. The number of rotatable bonds is 9. The molecule has 0 bridgehead atoms. The zero-order valence-corrected chi connectivity index (χ0v) is 13.0. The van der Waals surface area contributed by atoms with Gasteiger partial charge >= 0.3 is 0 Å². The standard InChI is InChI=1S/C15H24ClNS/c1-3-5-6-10-18-14-8-7-13(15(16)11-14)12-17-9-4-2/h7-8,11,17H,3-6,9-10,12H2,1-2H3. The largest absolute Gasteiger partial charge is 0.313 e. The lowest BCUT2D eigenvalue weighted by atomic mass is 10.2. The lowest BCUT2D eigenvalue weighted by Crippen LogP contribution is -2.13. The molecule has 0 amide bonds. The van der Waals surface area contributed by atoms with Crippen molar-refractivity contribution in [2.45, 2.75) is 51.0 Å². The average Bonchev–Trinajstić information content (AvgIpc) is 2.37. The van der Waals surface area contributed by atoms with Crippen molar-refractivity contribution in [2.75, 3.05) is 12.3 Å². The summed E-state index contributed by atoms with van der Waals surface area (Å²) < 4.78 is 0. The van der Waals surface area contributed by atoms with Crippen molar-refractivity contribution in [3.05, 3.63) is 28.8 Å². The molecular weight excluding hydrogens is 262 g/mol. The molecule has 1 rings (SSSR count). The molecule has 1 N–H and O–H groups in total. The van der Waals surface area contributed by atoms with Crippen molar-refractivity contribution in [1.29, 1.82) is 0 Å². The number of benzene rings is 1. The van der Waals surface area contributed by atoms with E-state index >= 15 is 0 Å². The van der Waals surface area contributed by atoms with E-state index in [0.717, 1.165) is 24.5 Å². The van der Waals surface area contributed by atoms with Crippen LogP contribution in [0.3, 0.4) is 0 Å². The Morgan fingerprint density at radius 1 is 1.17 bits per heavy atom. The van der Waals surface area contributed by atoms with Gasteiger partial charge in [-0.15, -0.1) is 11.8 Å². The quantitative estimate of drug-likeness (QED) is 0.499. The number of hydrogen-bond donors (Lipinski definition) is 1. The molecule has 0 aliphatic carbocycles. The molecule has 0 spiro atoms. The zero-order chi connectivity index (χ0) is 13.2. The summed E-state index contributed by atoms with van der Waals surface area (Å²) in [7, 11) is 0. The van der Waals surface area contributed by atoms with Gasteiger partial charge in [0.15, 0.2) is 0 Å². The summed E-state index contributed by atoms with van der Waals surface area (Å²) in [5.41, 5.74) is 1.20. The molecule has 102 valence electrons. The smallest absolute Gasteiger partial charge is 0.0462 e. The Hall–Kier alpha value is -0.180. The molecule has 3 heteroatoms. The summed E-state index contributed by atoms with van der Waals surface area (Å²) >= 11 is 8.20. The maximum Gasteiger partial charge on any atom is 0.0462 e. The Bertz CT molecular complexity index is 341. The first kappa shape index (κ1) is 15.9. The van der Waals surface area contributed by atoms with Gasteiger partial charge in [-0.05, 0) is 42.8 Å². The first-order valence-corrected chi connectivity index (χ1v) is 8.26. The van der Waals surface area contributed by atoms with Crippen LogP contribution in [0.4, 0.5) is 0 Å². The minimum Gasteiger partial charge on any atom is -0.313 e. The van der Waals surface area contributed by atoms with E-state index in [9.17, 15) is 0 Å². The molecule has 0 atom stereocenters. The second-order valence-corrected chi connectivity index (χ2v) is 6.06. The fourth-order valence-electron chi connectivity index (χ4n) is 1.70. The van der Waals surface area contributed by atoms with E-state index in [1.807, 2.05) is 11.8 Å². The van der Waals surface area contributed by atoms with E-state index in [2.05, 4.69) is 37.4 Å². The maximum atomic E-state index is 6.30. The van der Waals surface area contributed by atoms with E-state index in [1.54, 1.807) is 0 Å². The average molecular weight is 286 g/mol. The van der Waals surface area contributed by atoms with E-state index in [0.29, 0.717) is 0 Å². The number of halogens is 1. The number of hydrogen-bond acceptors (Lipinski definition) is 2. The Morgan fingerprint density at radius 2 is 2.00 bits per heavy atom. The fourth-order valence-corrected chi connectivity index (χ4v) is 2.96. The van der Waals surface area contributed by atoms with Crippen LogP contribution < -0.4 is 5.32 Å². The SMILES string of the molecule is CCCCCSc1ccc(CNCCC)c(Cl)c1. The predicted molar refractivity (Wildman–Crippen MR) is 83.7 cm³/mol. The Kier molecular flexibility index (Phi) is 8.57. The van der Waals surface area contributed by atoms with Crippen molar-refractivity contribution in [2.24, 2.45) is 0 Å². The lowest BCUT2D eigenvalue weighted by Gasteiger charge is -2.08. The van der Waals surface area contributed by atoms with Gasteiger partial charge in [0.2, 0.25) is 0 Å². The van der Waals surface area contributed by atoms with Gasteiger partial charge in [0.25, 0.3) is 0 Å². The van der Waals surface area contributed by atoms with Gasteiger partial charge in [-0.3, -0.25) is 0 Å². The minimum absolute atomic E-state index is 0.869. The fraction of sp³-hybridized carbons (Fsp3) is 0.600. The molecule has 0 fully saturated rings. The van der Waals surface area contributed by atoms with Crippen molar-refractivity contribution < 1.29 is 0 Å². The molecular formula is C15H24ClNS. The number of unbranched alkanes of at least 4 members (excludes halogenated alkanes) is 2. The summed E-state index contributed by atoms with van der Waals surface area (Å²) in [6.07, 6.45) is 5.05. The normalized spacial score (nSPS) is 10.8. The van der Waals surface area contributed by atoms with Gasteiger partial charge in [0.1, 0.15) is 0 Å². The highest BCUT2D eigenvalue weighted by Gasteiger charge is 2.02. The van der Waals surface area contributed by atoms with Crippen LogP contribution in [0.5, 0.6) is 0 Å². The second-order valence-electron chi connectivity index (χ2n) is 4.49. The number of thioether (sulfide) groups is 1. The maximum absolute atomic E-state index is 6.30. The summed E-state index contributed by atoms with van der Waals surface area (Å²) in [5, 5.41) is 4.27. The molecule has 0 aliphatic rings. The molecule has 0 saturated heterocycles. The minimum atomic E-state index is 0.869. The van der Waals surface area contributed by atoms with Gasteiger partial charge in [0, 0.05) is 16.5 Å². The van der Waals surface area contributed by atoms with Crippen LogP contribution >= 0.6 is 23.4 Å². The molecule has 0 aromatic heterocycles. The van der Waals surface area contributed by atoms with Crippen LogP contribution in [0.15, 0.2) is 23.1 Å². The third kappa shape index (κ3) is 6.12. The first-order valence-electron chi connectivity index (χ1n) is 6.89. The van der Waals surface area contributed by atoms with Gasteiger partial charge < -0.3 is 5.32 Å². The van der Waals surface area contributed by atoms with Crippen molar-refractivity contribution in [3.8, 4) is 0 Å². The van der Waals surface area contributed by atoms with Gasteiger partial charge in [0.05, 0.1) is 0 Å². The molecule has 0 saturated carbocycles. The molecule has 0 aliphatic heterocycles. The summed E-state index contributed by atoms with van der Waals surface area (Å²) in [5.74, 6) is 1.19. The third-order valence-electron chi connectivity index (χ3n) is 2.78. The Labute approximate surface area is 121 Å². The van der Waals surface area contributed by atoms with E-state index in [1.165, 1.54) is 35.5 Å². The van der Waals surface area contributed by atoms with Gasteiger partial charge in [-0.2, -0.15) is 0 Å². The molecule has 1 aromatic rings. The van der Waals surface area contributed by atoms with Crippen molar-refractivity contribution in [3.63, 3.8) is 0 Å². The highest BCUT2D eigenvalue weighted by molar-refractivity contribution is 7.99. The summed E-state index contributed by atoms with van der Waals surface area (Å²) in [6.45, 7) is 6.32. The molecule has 0 heterocycles. The van der Waals surface area contributed by atoms with Crippen LogP contribution in [-0.2, 0) is 6.54 Å². The van der Waals surface area contributed by atoms with Crippen LogP contribution in [-0.4, -0.2) is 12.3 Å². The van der Waals surface area contributed by atoms with Crippen LogP contribution in [0.1, 0.15) is 45.1 Å². The van der Waals surface area contributed by atoms with Gasteiger partial charge in [-0.1, -0.05) is 44.4 Å². The summed E-state index contributed by atoms with van der Waals surface area (Å²) in [4.78, 5) is 1.29. The molecule has 1 nitrogen and oxygen atoms in total. The molecule has 18 heavy (non-hydrogen) atoms. The lowest BCUT2D eigenvalue weighted by molar-refractivity contribution is 0.675. The second kappa shape index (κ2) is 9.71. The number of nitrogens with one attached hydrogen (secondary N) is 1. The monoisotopic (exact) mass is 285 g/mol. The van der Waals surface area contributed by atoms with E-state index in [-0.39, 0.29) is 0 Å².